The van der Waals surface area contributed by atoms with Crippen LogP contribution in [0, 0.1) is 0 Å². The monoisotopic (exact) mass is 421 g/mol. The summed E-state index contributed by atoms with van der Waals surface area (Å²) < 4.78 is 5.67. The average Bonchev–Trinajstić information content (AvgIpc) is 3.10. The molecule has 5 rings (SSSR count). The molecular formula is C25H31N3O3. The predicted octanol–water partition coefficient (Wildman–Crippen LogP) is 3.37. The maximum atomic E-state index is 12.9. The van der Waals surface area contributed by atoms with Gasteiger partial charge in [-0.05, 0) is 47.6 Å². The van der Waals surface area contributed by atoms with Gasteiger partial charge in [-0.2, -0.15) is 0 Å². The minimum atomic E-state index is -0.205. The quantitative estimate of drug-likeness (QED) is 0.802. The molecule has 2 fully saturated rings. The van der Waals surface area contributed by atoms with Crippen molar-refractivity contribution >= 4 is 11.8 Å². The molecule has 2 bridgehead atoms. The molecule has 31 heavy (non-hydrogen) atoms. The molecule has 0 aromatic heterocycles. The Morgan fingerprint density at radius 3 is 2.58 bits per heavy atom. The topological polar surface area (TPSA) is 56.2 Å². The number of hydrogen-bond donors (Lipinski definition) is 1. The van der Waals surface area contributed by atoms with Gasteiger partial charge in [-0.1, -0.05) is 36.4 Å². The first kappa shape index (κ1) is 20.3. The second-order valence-corrected chi connectivity index (χ2v) is 8.84. The van der Waals surface area contributed by atoms with Crippen LogP contribution in [-0.2, 0) is 11.3 Å². The number of anilines is 1. The Morgan fingerprint density at radius 1 is 1.00 bits per heavy atom. The number of ether oxygens (including phenoxy) is 1. The average molecular weight is 422 g/mol. The maximum absolute atomic E-state index is 12.9. The van der Waals surface area contributed by atoms with E-state index >= 15 is 0 Å². The fourth-order valence-electron chi connectivity index (χ4n) is 5.35. The van der Waals surface area contributed by atoms with Gasteiger partial charge in [0.1, 0.15) is 6.61 Å². The summed E-state index contributed by atoms with van der Waals surface area (Å²) in [5.74, 6) is 0.550. The number of carbonyl (C=O) groups is 1. The van der Waals surface area contributed by atoms with E-state index < -0.39 is 0 Å². The largest absolute Gasteiger partial charge is 0.445 e. The van der Waals surface area contributed by atoms with Crippen molar-refractivity contribution in [3.8, 4) is 0 Å². The first-order chi connectivity index (χ1) is 15.2. The number of carbonyl (C=O) groups excluding carboxylic acids is 1. The van der Waals surface area contributed by atoms with Crippen molar-refractivity contribution in [3.05, 3.63) is 65.2 Å². The van der Waals surface area contributed by atoms with Gasteiger partial charge in [-0.25, -0.2) is 4.79 Å². The van der Waals surface area contributed by atoms with E-state index in [-0.39, 0.29) is 18.7 Å². The standard InChI is InChI=1S/C25H31N3O3/c29-15-14-26-10-12-27(13-11-26)21-6-7-22-20-8-9-28(24(16-20)23(22)17-21)25(30)31-18-19-4-2-1-3-5-19/h1-7,17,20,24,29H,8-16,18H2/t20-,24+/m1/s1. The minimum Gasteiger partial charge on any atom is -0.445 e. The lowest BCUT2D eigenvalue weighted by Gasteiger charge is -2.36. The second kappa shape index (κ2) is 8.89. The first-order valence-electron chi connectivity index (χ1n) is 11.4. The highest BCUT2D eigenvalue weighted by Gasteiger charge is 2.41. The van der Waals surface area contributed by atoms with Gasteiger partial charge in [0.25, 0.3) is 0 Å². The first-order valence-corrected chi connectivity index (χ1v) is 11.4. The summed E-state index contributed by atoms with van der Waals surface area (Å²) in [4.78, 5) is 19.6. The van der Waals surface area contributed by atoms with Crippen LogP contribution in [0.3, 0.4) is 0 Å². The highest BCUT2D eigenvalue weighted by Crippen LogP contribution is 2.50. The van der Waals surface area contributed by atoms with Crippen LogP contribution in [0.2, 0.25) is 0 Å². The molecule has 6 heteroatoms. The molecule has 1 N–H and O–H groups in total. The van der Waals surface area contributed by atoms with Crippen LogP contribution in [0.4, 0.5) is 10.5 Å². The molecule has 0 unspecified atom stereocenters. The molecule has 1 amide bonds. The van der Waals surface area contributed by atoms with E-state index in [9.17, 15) is 4.79 Å². The fourth-order valence-corrected chi connectivity index (χ4v) is 5.35. The molecule has 2 saturated heterocycles. The van der Waals surface area contributed by atoms with Gasteiger partial charge < -0.3 is 19.6 Å². The third kappa shape index (κ3) is 4.14. The zero-order chi connectivity index (χ0) is 21.2. The van der Waals surface area contributed by atoms with Crippen molar-refractivity contribution in [1.82, 2.24) is 9.80 Å². The van der Waals surface area contributed by atoms with Gasteiger partial charge in [-0.3, -0.25) is 4.90 Å². The number of nitrogens with zero attached hydrogens (tertiary/aromatic N) is 3. The predicted molar refractivity (Wildman–Crippen MR) is 120 cm³/mol. The zero-order valence-electron chi connectivity index (χ0n) is 17.9. The number of aliphatic hydroxyl groups excluding tert-OH is 1. The normalized spacial score (nSPS) is 23.0. The van der Waals surface area contributed by atoms with Crippen LogP contribution < -0.4 is 4.90 Å². The number of rotatable bonds is 5. The molecule has 164 valence electrons. The Labute approximate surface area is 184 Å². The van der Waals surface area contributed by atoms with E-state index in [1.807, 2.05) is 35.2 Å². The van der Waals surface area contributed by atoms with Gasteiger partial charge in [0, 0.05) is 45.0 Å². The highest BCUT2D eigenvalue weighted by atomic mass is 16.6. The van der Waals surface area contributed by atoms with Crippen LogP contribution in [0.5, 0.6) is 0 Å². The van der Waals surface area contributed by atoms with Crippen LogP contribution in [0.25, 0.3) is 0 Å². The molecule has 2 aromatic carbocycles. The summed E-state index contributed by atoms with van der Waals surface area (Å²) in [6.45, 7) is 5.93. The number of aliphatic hydroxyl groups is 1. The summed E-state index contributed by atoms with van der Waals surface area (Å²) >= 11 is 0. The van der Waals surface area contributed by atoms with Crippen molar-refractivity contribution in [3.63, 3.8) is 0 Å². The Hall–Kier alpha value is -2.57. The van der Waals surface area contributed by atoms with Crippen molar-refractivity contribution in [2.45, 2.75) is 31.4 Å². The van der Waals surface area contributed by atoms with E-state index in [1.165, 1.54) is 16.8 Å². The fraction of sp³-hybridized carbons (Fsp3) is 0.480. The Bertz CT molecular complexity index is 911. The van der Waals surface area contributed by atoms with Crippen LogP contribution in [-0.4, -0.2) is 66.9 Å². The molecule has 1 aliphatic carbocycles. The Morgan fingerprint density at radius 2 is 1.81 bits per heavy atom. The summed E-state index contributed by atoms with van der Waals surface area (Å²) in [5, 5.41) is 9.17. The number of hydrogen-bond acceptors (Lipinski definition) is 5. The number of fused-ring (bicyclic) bond motifs is 5. The lowest BCUT2D eigenvalue weighted by Crippen LogP contribution is -2.47. The van der Waals surface area contributed by atoms with Crippen LogP contribution >= 0.6 is 0 Å². The summed E-state index contributed by atoms with van der Waals surface area (Å²) in [7, 11) is 0. The SMILES string of the molecule is O=C(OCc1ccccc1)N1CC[C@@H]2C[C@H]1c1cc(N3CCN(CCO)CC3)ccc12. The third-order valence-electron chi connectivity index (χ3n) is 7.06. The molecule has 2 heterocycles. The Balaban J connectivity index is 1.28. The van der Waals surface area contributed by atoms with Gasteiger partial charge in [0.15, 0.2) is 0 Å². The number of amides is 1. The van der Waals surface area contributed by atoms with E-state index in [4.69, 9.17) is 9.84 Å². The molecular weight excluding hydrogens is 390 g/mol. The van der Waals surface area contributed by atoms with E-state index in [2.05, 4.69) is 28.0 Å². The summed E-state index contributed by atoms with van der Waals surface area (Å²) in [5.41, 5.74) is 4.97. The number of benzene rings is 2. The van der Waals surface area contributed by atoms with E-state index in [1.54, 1.807) is 0 Å². The summed E-state index contributed by atoms with van der Waals surface area (Å²) in [6.07, 6.45) is 1.80. The molecule has 6 nitrogen and oxygen atoms in total. The number of piperazine rings is 1. The molecule has 2 aliphatic heterocycles. The number of β-amino-alcohol motifs (C(OH)–C–C–N with tert-alkyl or cyclic N) is 1. The smallest absolute Gasteiger partial charge is 0.410 e. The number of piperidine rings is 1. The molecule has 2 aromatic rings. The van der Waals surface area contributed by atoms with Gasteiger partial charge in [0.05, 0.1) is 12.6 Å². The zero-order valence-corrected chi connectivity index (χ0v) is 17.9. The lowest BCUT2D eigenvalue weighted by molar-refractivity contribution is 0.0694. The maximum Gasteiger partial charge on any atom is 0.410 e. The van der Waals surface area contributed by atoms with E-state index in [0.717, 1.165) is 57.7 Å². The molecule has 0 spiro atoms. The van der Waals surface area contributed by atoms with Crippen molar-refractivity contribution in [2.24, 2.45) is 0 Å². The molecule has 0 radical (unpaired) electrons. The Kier molecular flexibility index (Phi) is 5.83. The lowest BCUT2D eigenvalue weighted by atomic mass is 9.96. The molecule has 0 saturated carbocycles. The van der Waals surface area contributed by atoms with Gasteiger partial charge >= 0.3 is 6.09 Å². The molecule has 3 aliphatic rings. The van der Waals surface area contributed by atoms with Crippen LogP contribution in [0.15, 0.2) is 48.5 Å². The van der Waals surface area contributed by atoms with Crippen molar-refractivity contribution in [1.29, 1.82) is 0 Å². The second-order valence-electron chi connectivity index (χ2n) is 8.84. The van der Waals surface area contributed by atoms with Gasteiger partial charge in [0.2, 0.25) is 0 Å². The van der Waals surface area contributed by atoms with Crippen molar-refractivity contribution in [2.75, 3.05) is 50.8 Å². The minimum absolute atomic E-state index is 0.118. The third-order valence-corrected chi connectivity index (χ3v) is 7.06. The summed E-state index contributed by atoms with van der Waals surface area (Å²) in [6, 6.07) is 16.8. The number of likely N-dealkylation sites (tertiary alicyclic amines) is 1. The van der Waals surface area contributed by atoms with Crippen LogP contribution in [0.1, 0.15) is 41.5 Å². The van der Waals surface area contributed by atoms with E-state index in [0.29, 0.717) is 12.5 Å². The van der Waals surface area contributed by atoms with Gasteiger partial charge in [-0.15, -0.1) is 0 Å². The van der Waals surface area contributed by atoms with Crippen molar-refractivity contribution < 1.29 is 14.6 Å². The highest BCUT2D eigenvalue weighted by molar-refractivity contribution is 5.70. The molecule has 2 atom stereocenters.